The molecule has 0 atom stereocenters. The zero-order valence-corrected chi connectivity index (χ0v) is 21.0. The summed E-state index contributed by atoms with van der Waals surface area (Å²) in [7, 11) is 0. The van der Waals surface area contributed by atoms with Crippen LogP contribution in [0.25, 0.3) is 0 Å². The van der Waals surface area contributed by atoms with E-state index in [1.54, 1.807) is 0 Å². The van der Waals surface area contributed by atoms with E-state index < -0.39 is 11.6 Å². The third kappa shape index (κ3) is 5.72. The fourth-order valence-corrected chi connectivity index (χ4v) is 6.55. The highest BCUT2D eigenvalue weighted by Crippen LogP contribution is 2.43. The molecule has 4 aliphatic rings. The molecule has 2 saturated heterocycles. The predicted octanol–water partition coefficient (Wildman–Crippen LogP) is 3.67. The van der Waals surface area contributed by atoms with E-state index in [0.29, 0.717) is 18.8 Å². The number of hydrogen-bond acceptors (Lipinski definition) is 4. The maximum Gasteiger partial charge on any atom is 0.325 e. The van der Waals surface area contributed by atoms with E-state index in [-0.39, 0.29) is 29.8 Å². The smallest absolute Gasteiger partial charge is 0.325 e. The molecule has 0 aromatic carbocycles. The average molecular weight is 461 g/mol. The minimum absolute atomic E-state index is 0.136. The monoisotopic (exact) mass is 460 g/mol. The number of rotatable bonds is 5. The summed E-state index contributed by atoms with van der Waals surface area (Å²) in [5.41, 5.74) is -0.595. The normalized spacial score (nSPS) is 30.6. The topological polar surface area (TPSA) is 81.8 Å². The number of carbonyl (C=O) groups excluding carboxylic acids is 3. The molecule has 7 heteroatoms. The quantitative estimate of drug-likeness (QED) is 0.614. The SMILES string of the molecule is CC(C)(C)C1CCC2(CC1)NC(=O)N(CC(=O)NC1CCN(CC3CCCCC3)CC1)C2=O. The number of urea groups is 1. The van der Waals surface area contributed by atoms with Crippen LogP contribution in [0.2, 0.25) is 0 Å². The molecule has 1 spiro atoms. The van der Waals surface area contributed by atoms with Crippen LogP contribution < -0.4 is 10.6 Å². The number of piperidine rings is 1. The van der Waals surface area contributed by atoms with Crippen molar-refractivity contribution in [2.45, 2.75) is 103 Å². The molecule has 0 bridgehead atoms. The number of nitrogens with one attached hydrogen (secondary N) is 2. The summed E-state index contributed by atoms with van der Waals surface area (Å²) in [6, 6.07) is -0.274. The molecule has 0 unspecified atom stereocenters. The summed E-state index contributed by atoms with van der Waals surface area (Å²) in [6.07, 6.45) is 11.9. The Morgan fingerprint density at radius 1 is 1.00 bits per heavy atom. The van der Waals surface area contributed by atoms with E-state index in [9.17, 15) is 14.4 Å². The maximum atomic E-state index is 13.2. The van der Waals surface area contributed by atoms with Gasteiger partial charge in [0.15, 0.2) is 0 Å². The van der Waals surface area contributed by atoms with Crippen molar-refractivity contribution in [2.24, 2.45) is 17.3 Å². The van der Waals surface area contributed by atoms with Crippen molar-refractivity contribution in [3.05, 3.63) is 0 Å². The summed E-state index contributed by atoms with van der Waals surface area (Å²) in [5, 5.41) is 6.04. The van der Waals surface area contributed by atoms with Crippen molar-refractivity contribution in [1.29, 1.82) is 0 Å². The number of nitrogens with zero attached hydrogens (tertiary/aromatic N) is 2. The largest absolute Gasteiger partial charge is 0.352 e. The van der Waals surface area contributed by atoms with Crippen molar-refractivity contribution in [3.63, 3.8) is 0 Å². The molecule has 33 heavy (non-hydrogen) atoms. The zero-order valence-electron chi connectivity index (χ0n) is 21.0. The van der Waals surface area contributed by atoms with Gasteiger partial charge in [-0.25, -0.2) is 4.79 Å². The van der Waals surface area contributed by atoms with Gasteiger partial charge in [0.25, 0.3) is 5.91 Å². The highest BCUT2D eigenvalue weighted by Gasteiger charge is 2.53. The van der Waals surface area contributed by atoms with Crippen LogP contribution in [0, 0.1) is 17.3 Å². The Balaban J connectivity index is 1.22. The van der Waals surface area contributed by atoms with Crippen molar-refractivity contribution >= 4 is 17.8 Å². The molecule has 4 rings (SSSR count). The van der Waals surface area contributed by atoms with Crippen LogP contribution in [0.3, 0.4) is 0 Å². The Hall–Kier alpha value is -1.63. The molecule has 4 fully saturated rings. The molecule has 186 valence electrons. The van der Waals surface area contributed by atoms with Gasteiger partial charge >= 0.3 is 6.03 Å². The first-order valence-electron chi connectivity index (χ1n) is 13.3. The number of likely N-dealkylation sites (tertiary alicyclic amines) is 1. The number of imide groups is 1. The van der Waals surface area contributed by atoms with E-state index in [2.05, 4.69) is 36.3 Å². The lowest BCUT2D eigenvalue weighted by Gasteiger charge is -2.40. The van der Waals surface area contributed by atoms with E-state index in [1.165, 1.54) is 38.6 Å². The van der Waals surface area contributed by atoms with Crippen LogP contribution in [-0.2, 0) is 9.59 Å². The Bertz CT molecular complexity index is 724. The Morgan fingerprint density at radius 2 is 1.64 bits per heavy atom. The minimum atomic E-state index is -0.802. The molecule has 2 heterocycles. The van der Waals surface area contributed by atoms with E-state index in [1.807, 2.05) is 0 Å². The number of amides is 4. The number of hydrogen-bond donors (Lipinski definition) is 2. The van der Waals surface area contributed by atoms with Gasteiger partial charge in [-0.15, -0.1) is 0 Å². The highest BCUT2D eigenvalue weighted by molar-refractivity contribution is 6.09. The summed E-state index contributed by atoms with van der Waals surface area (Å²) in [4.78, 5) is 42.2. The fraction of sp³-hybridized carbons (Fsp3) is 0.885. The molecular weight excluding hydrogens is 416 g/mol. The summed E-state index contributed by atoms with van der Waals surface area (Å²) < 4.78 is 0. The van der Waals surface area contributed by atoms with Crippen LogP contribution in [0.1, 0.15) is 91.4 Å². The third-order valence-electron chi connectivity index (χ3n) is 8.81. The molecular formula is C26H44N4O3. The van der Waals surface area contributed by atoms with Gasteiger partial charge in [-0.1, -0.05) is 40.0 Å². The summed E-state index contributed by atoms with van der Waals surface area (Å²) >= 11 is 0. The maximum absolute atomic E-state index is 13.2. The van der Waals surface area contributed by atoms with Gasteiger partial charge in [0, 0.05) is 25.7 Å². The van der Waals surface area contributed by atoms with Crippen molar-refractivity contribution in [2.75, 3.05) is 26.2 Å². The molecule has 2 saturated carbocycles. The second-order valence-electron chi connectivity index (χ2n) is 12.2. The second-order valence-corrected chi connectivity index (χ2v) is 12.2. The van der Waals surface area contributed by atoms with Crippen LogP contribution >= 0.6 is 0 Å². The number of carbonyl (C=O) groups is 3. The van der Waals surface area contributed by atoms with Gasteiger partial charge < -0.3 is 15.5 Å². The van der Waals surface area contributed by atoms with Gasteiger partial charge in [0.2, 0.25) is 5.91 Å². The summed E-state index contributed by atoms with van der Waals surface area (Å²) in [6.45, 7) is 9.77. The first-order chi connectivity index (χ1) is 15.7. The Kier molecular flexibility index (Phi) is 7.37. The highest BCUT2D eigenvalue weighted by atomic mass is 16.2. The van der Waals surface area contributed by atoms with Crippen molar-refractivity contribution < 1.29 is 14.4 Å². The molecule has 2 aliphatic carbocycles. The van der Waals surface area contributed by atoms with E-state index in [0.717, 1.165) is 49.6 Å². The van der Waals surface area contributed by atoms with E-state index >= 15 is 0 Å². The minimum Gasteiger partial charge on any atom is -0.352 e. The van der Waals surface area contributed by atoms with E-state index in [4.69, 9.17) is 0 Å². The van der Waals surface area contributed by atoms with Crippen LogP contribution in [0.4, 0.5) is 4.79 Å². The average Bonchev–Trinajstić information content (AvgIpc) is 2.99. The molecule has 2 N–H and O–H groups in total. The van der Waals surface area contributed by atoms with Gasteiger partial charge in [0.1, 0.15) is 12.1 Å². The molecule has 2 aliphatic heterocycles. The molecule has 0 radical (unpaired) electrons. The van der Waals surface area contributed by atoms with Gasteiger partial charge in [-0.05, 0) is 68.6 Å². The Labute approximate surface area is 199 Å². The lowest BCUT2D eigenvalue weighted by atomic mass is 9.67. The third-order valence-corrected chi connectivity index (χ3v) is 8.81. The molecule has 0 aromatic heterocycles. The zero-order chi connectivity index (χ0) is 23.6. The van der Waals surface area contributed by atoms with Crippen LogP contribution in [-0.4, -0.2) is 65.4 Å². The molecule has 7 nitrogen and oxygen atoms in total. The summed E-state index contributed by atoms with van der Waals surface area (Å²) in [5.74, 6) is 0.964. The second kappa shape index (κ2) is 9.93. The van der Waals surface area contributed by atoms with Crippen molar-refractivity contribution in [3.8, 4) is 0 Å². The van der Waals surface area contributed by atoms with Gasteiger partial charge in [-0.2, -0.15) is 0 Å². The van der Waals surface area contributed by atoms with Crippen molar-refractivity contribution in [1.82, 2.24) is 20.4 Å². The Morgan fingerprint density at radius 3 is 2.24 bits per heavy atom. The molecule has 4 amide bonds. The predicted molar refractivity (Wildman–Crippen MR) is 129 cm³/mol. The molecule has 0 aromatic rings. The first-order valence-corrected chi connectivity index (χ1v) is 13.3. The van der Waals surface area contributed by atoms with Gasteiger partial charge in [0.05, 0.1) is 0 Å². The lowest BCUT2D eigenvalue weighted by molar-refractivity contribution is -0.136. The standard InChI is InChI=1S/C26H44N4O3/c1-25(2,3)20-9-13-26(14-10-20)23(32)30(24(33)28-26)18-22(31)27-21-11-15-29(16-12-21)17-19-7-5-4-6-8-19/h19-21H,4-18H2,1-3H3,(H,27,31)(H,28,33). The van der Waals surface area contributed by atoms with Gasteiger partial charge in [-0.3, -0.25) is 14.5 Å². The van der Waals surface area contributed by atoms with Crippen LogP contribution in [0.15, 0.2) is 0 Å². The lowest BCUT2D eigenvalue weighted by Crippen LogP contribution is -2.51. The van der Waals surface area contributed by atoms with Crippen LogP contribution in [0.5, 0.6) is 0 Å². The fourth-order valence-electron chi connectivity index (χ4n) is 6.55. The first kappa shape index (κ1) is 24.5.